The third kappa shape index (κ3) is 5.30. The number of fused-ring (bicyclic) bond motifs is 1. The molecule has 0 fully saturated rings. The molecule has 1 aromatic heterocycles. The van der Waals surface area contributed by atoms with Crippen molar-refractivity contribution in [3.8, 4) is 5.75 Å². The topological polar surface area (TPSA) is 93.1 Å². The largest absolute Gasteiger partial charge is 0.496 e. The molecule has 35 heavy (non-hydrogen) atoms. The Morgan fingerprint density at radius 2 is 2.00 bits per heavy atom. The number of rotatable bonds is 9. The average molecular weight is 491 g/mol. The Morgan fingerprint density at radius 1 is 1.23 bits per heavy atom. The van der Waals surface area contributed by atoms with Gasteiger partial charge >= 0.3 is 5.97 Å². The Bertz CT molecular complexity index is 1220. The van der Waals surface area contributed by atoms with E-state index >= 15 is 0 Å². The summed E-state index contributed by atoms with van der Waals surface area (Å²) in [5.74, 6) is -0.00537. The number of hydrogen-bond acceptors (Lipinski definition) is 8. The minimum absolute atomic E-state index is 0.0830. The fraction of sp³-hybridized carbons (Fsp3) is 0.231. The molecule has 0 saturated carbocycles. The van der Waals surface area contributed by atoms with Crippen molar-refractivity contribution in [1.29, 1.82) is 0 Å². The third-order valence-corrected chi connectivity index (χ3v) is 6.46. The summed E-state index contributed by atoms with van der Waals surface area (Å²) in [4.78, 5) is 36.6. The highest BCUT2D eigenvalue weighted by molar-refractivity contribution is 8.16. The maximum absolute atomic E-state index is 13.2. The molecule has 1 N–H and O–H groups in total. The average Bonchev–Trinajstić information content (AvgIpc) is 3.27. The van der Waals surface area contributed by atoms with Gasteiger partial charge in [-0.15, -0.1) is 0 Å². The Hall–Kier alpha value is -3.85. The van der Waals surface area contributed by atoms with Crippen molar-refractivity contribution >= 4 is 28.8 Å². The van der Waals surface area contributed by atoms with Gasteiger partial charge in [-0.3, -0.25) is 9.78 Å². The molecular formula is C26H26N4O4S. The van der Waals surface area contributed by atoms with E-state index in [1.54, 1.807) is 26.4 Å². The Morgan fingerprint density at radius 3 is 2.74 bits per heavy atom. The van der Waals surface area contributed by atoms with Crippen LogP contribution < -0.4 is 10.1 Å². The number of carbonyl (C=O) groups is 2. The molecule has 2 aromatic rings. The molecule has 0 spiro atoms. The highest BCUT2D eigenvalue weighted by atomic mass is 32.2. The number of nitrogens with zero attached hydrogens (tertiary/aromatic N) is 3. The van der Waals surface area contributed by atoms with Crippen LogP contribution >= 0.6 is 11.8 Å². The van der Waals surface area contributed by atoms with Crippen LogP contribution in [0.3, 0.4) is 0 Å². The number of hydrogen-bond donors (Lipinski definition) is 1. The number of methoxy groups -OCH3 is 1. The first kappa shape index (κ1) is 24.3. The number of carbonyl (C=O) groups excluding carboxylic acids is 2. The number of aliphatic imine (C=N–C) groups is 1. The summed E-state index contributed by atoms with van der Waals surface area (Å²) >= 11 is 1.42. The van der Waals surface area contributed by atoms with Crippen molar-refractivity contribution in [1.82, 2.24) is 15.2 Å². The Labute approximate surface area is 208 Å². The van der Waals surface area contributed by atoms with Gasteiger partial charge in [0.1, 0.15) is 12.4 Å². The van der Waals surface area contributed by atoms with Gasteiger partial charge in [-0.2, -0.15) is 0 Å². The normalized spacial score (nSPS) is 16.7. The van der Waals surface area contributed by atoms with Gasteiger partial charge in [0.15, 0.2) is 5.17 Å². The van der Waals surface area contributed by atoms with Gasteiger partial charge in [0.05, 0.1) is 30.8 Å². The molecule has 2 aliphatic rings. The van der Waals surface area contributed by atoms with E-state index in [1.165, 1.54) is 17.8 Å². The van der Waals surface area contributed by atoms with Crippen molar-refractivity contribution in [2.75, 3.05) is 13.7 Å². The summed E-state index contributed by atoms with van der Waals surface area (Å²) in [5, 5.41) is 5.54. The summed E-state index contributed by atoms with van der Waals surface area (Å²) in [5.41, 5.74) is 3.42. The number of thioether (sulfide) groups is 1. The molecule has 1 atom stereocenters. The van der Waals surface area contributed by atoms with Crippen molar-refractivity contribution in [3.63, 3.8) is 0 Å². The number of ether oxygens (including phenoxy) is 2. The number of nitrogens with one attached hydrogen (secondary N) is 1. The van der Waals surface area contributed by atoms with E-state index in [1.807, 2.05) is 46.7 Å². The van der Waals surface area contributed by atoms with Crippen molar-refractivity contribution in [3.05, 3.63) is 94.9 Å². The zero-order valence-electron chi connectivity index (χ0n) is 19.6. The predicted octanol–water partition coefficient (Wildman–Crippen LogP) is 4.10. The third-order valence-electron chi connectivity index (χ3n) is 5.57. The molecule has 3 heterocycles. The maximum Gasteiger partial charge on any atom is 0.338 e. The van der Waals surface area contributed by atoms with Crippen LogP contribution in [0.1, 0.15) is 30.5 Å². The number of amides is 1. The quantitative estimate of drug-likeness (QED) is 0.418. The van der Waals surface area contributed by atoms with Crippen LogP contribution in [0.5, 0.6) is 5.75 Å². The van der Waals surface area contributed by atoms with E-state index in [0.29, 0.717) is 28.7 Å². The molecule has 0 saturated heterocycles. The zero-order valence-corrected chi connectivity index (χ0v) is 20.4. The van der Waals surface area contributed by atoms with Crippen LogP contribution in [0.2, 0.25) is 0 Å². The van der Waals surface area contributed by atoms with Crippen LogP contribution in [-0.2, 0) is 20.9 Å². The lowest BCUT2D eigenvalue weighted by Gasteiger charge is -2.36. The molecule has 0 aliphatic carbocycles. The summed E-state index contributed by atoms with van der Waals surface area (Å²) < 4.78 is 11.0. The van der Waals surface area contributed by atoms with E-state index in [-0.39, 0.29) is 18.9 Å². The first-order chi connectivity index (χ1) is 17.0. The molecule has 9 heteroatoms. The van der Waals surface area contributed by atoms with Gasteiger partial charge in [0, 0.05) is 30.2 Å². The molecular weight excluding hydrogens is 464 g/mol. The SMILES string of the molecule is C=CCOC(=O)C1=C(C)N=C2SC=C(CC(=O)NCc3ccncc3)N2[C@@H]1c1ccccc1OC. The van der Waals surface area contributed by atoms with E-state index in [0.717, 1.165) is 16.8 Å². The van der Waals surface area contributed by atoms with Gasteiger partial charge in [0.25, 0.3) is 0 Å². The predicted molar refractivity (Wildman–Crippen MR) is 135 cm³/mol. The van der Waals surface area contributed by atoms with Crippen LogP contribution in [-0.4, -0.2) is 40.6 Å². The molecule has 180 valence electrons. The minimum atomic E-state index is -0.565. The van der Waals surface area contributed by atoms with Crippen molar-refractivity contribution in [2.45, 2.75) is 25.9 Å². The Kier molecular flexibility index (Phi) is 7.67. The van der Waals surface area contributed by atoms with Crippen molar-refractivity contribution in [2.24, 2.45) is 4.99 Å². The van der Waals surface area contributed by atoms with Crippen molar-refractivity contribution < 1.29 is 19.1 Å². The summed E-state index contributed by atoms with van der Waals surface area (Å²) in [7, 11) is 1.59. The fourth-order valence-electron chi connectivity index (χ4n) is 3.96. The molecule has 0 unspecified atom stereocenters. The molecule has 8 nitrogen and oxygen atoms in total. The monoisotopic (exact) mass is 490 g/mol. The second kappa shape index (κ2) is 11.1. The zero-order chi connectivity index (χ0) is 24.8. The first-order valence-electron chi connectivity index (χ1n) is 11.0. The molecule has 0 bridgehead atoms. The molecule has 4 rings (SSSR count). The summed E-state index contributed by atoms with van der Waals surface area (Å²) in [6.45, 7) is 5.90. The van der Waals surface area contributed by atoms with Gasteiger partial charge in [-0.05, 0) is 36.1 Å². The number of pyridine rings is 1. The number of allylic oxidation sites excluding steroid dienone is 1. The van der Waals surface area contributed by atoms with Gasteiger partial charge in [-0.25, -0.2) is 9.79 Å². The molecule has 1 aromatic carbocycles. The molecule has 1 amide bonds. The maximum atomic E-state index is 13.2. The molecule has 0 radical (unpaired) electrons. The van der Waals surface area contributed by atoms with Crippen LogP contribution in [0.15, 0.2) is 88.8 Å². The second-order valence-corrected chi connectivity index (χ2v) is 8.67. The standard InChI is InChI=1S/C26H26N4O4S/c1-4-13-34-25(32)23-17(2)29-26-30(24(23)20-7-5-6-8-21(20)33-3)19(16-35-26)14-22(31)28-15-18-9-11-27-12-10-18/h4-12,16,24H,1,13-15H2,2-3H3,(H,28,31)/t24-/m1/s1. The number of aromatic nitrogens is 1. The van der Waals surface area contributed by atoms with Crippen LogP contribution in [0, 0.1) is 0 Å². The lowest BCUT2D eigenvalue weighted by molar-refractivity contribution is -0.138. The second-order valence-electron chi connectivity index (χ2n) is 7.83. The van der Waals surface area contributed by atoms with E-state index in [4.69, 9.17) is 9.47 Å². The lowest BCUT2D eigenvalue weighted by Crippen LogP contribution is -2.38. The lowest BCUT2D eigenvalue weighted by atomic mass is 9.93. The van der Waals surface area contributed by atoms with Gasteiger partial charge in [0.2, 0.25) is 5.91 Å². The highest BCUT2D eigenvalue weighted by Crippen LogP contribution is 2.46. The highest BCUT2D eigenvalue weighted by Gasteiger charge is 2.42. The minimum Gasteiger partial charge on any atom is -0.496 e. The first-order valence-corrected chi connectivity index (χ1v) is 11.9. The van der Waals surface area contributed by atoms with Gasteiger partial charge in [-0.1, -0.05) is 42.6 Å². The fourth-order valence-corrected chi connectivity index (χ4v) is 4.92. The summed E-state index contributed by atoms with van der Waals surface area (Å²) in [6, 6.07) is 10.7. The summed E-state index contributed by atoms with van der Waals surface area (Å²) in [6.07, 6.45) is 5.02. The Balaban J connectivity index is 1.64. The van der Waals surface area contributed by atoms with E-state index < -0.39 is 12.0 Å². The van der Waals surface area contributed by atoms with E-state index in [2.05, 4.69) is 21.9 Å². The van der Waals surface area contributed by atoms with Crippen LogP contribution in [0.25, 0.3) is 0 Å². The smallest absolute Gasteiger partial charge is 0.338 e. The van der Waals surface area contributed by atoms with E-state index in [9.17, 15) is 9.59 Å². The van der Waals surface area contributed by atoms with Gasteiger partial charge < -0.3 is 19.7 Å². The number of para-hydroxylation sites is 1. The number of amidine groups is 1. The number of benzene rings is 1. The molecule has 2 aliphatic heterocycles. The van der Waals surface area contributed by atoms with Crippen LogP contribution in [0.4, 0.5) is 0 Å². The number of esters is 1.